The van der Waals surface area contributed by atoms with Crippen LogP contribution < -0.4 is 5.32 Å². The van der Waals surface area contributed by atoms with E-state index in [2.05, 4.69) is 10.3 Å². The van der Waals surface area contributed by atoms with Crippen LogP contribution in [0.1, 0.15) is 10.4 Å². The minimum atomic E-state index is -3.88. The first kappa shape index (κ1) is 22.7. The molecule has 0 bridgehead atoms. The van der Waals surface area contributed by atoms with E-state index in [-0.39, 0.29) is 26.9 Å². The van der Waals surface area contributed by atoms with Crippen LogP contribution in [0.15, 0.2) is 63.3 Å². The predicted molar refractivity (Wildman–Crippen MR) is 118 cm³/mol. The van der Waals surface area contributed by atoms with Crippen LogP contribution in [0.4, 0.5) is 5.69 Å². The van der Waals surface area contributed by atoms with Crippen LogP contribution in [0.2, 0.25) is 4.47 Å². The SMILES string of the molecule is Cc1ccc(S(=O)(=O)c2ccc(S(=O)(=O)N(C)C)cc2NCc2cnc(Cl)s2)cc1. The first-order chi connectivity index (χ1) is 14.0. The average molecular weight is 486 g/mol. The van der Waals surface area contributed by atoms with Crippen molar-refractivity contribution in [1.29, 1.82) is 0 Å². The van der Waals surface area contributed by atoms with Crippen molar-refractivity contribution in [2.45, 2.75) is 28.2 Å². The number of hydrogen-bond acceptors (Lipinski definition) is 7. The summed E-state index contributed by atoms with van der Waals surface area (Å²) >= 11 is 7.11. The zero-order valence-corrected chi connectivity index (χ0v) is 19.7. The van der Waals surface area contributed by atoms with Gasteiger partial charge in [0, 0.05) is 25.2 Å². The molecule has 0 saturated carbocycles. The minimum absolute atomic E-state index is 0.0137. The van der Waals surface area contributed by atoms with Gasteiger partial charge in [0.15, 0.2) is 4.47 Å². The number of nitrogens with zero attached hydrogens (tertiary/aromatic N) is 2. The van der Waals surface area contributed by atoms with Gasteiger partial charge in [-0.25, -0.2) is 26.1 Å². The number of rotatable bonds is 7. The van der Waals surface area contributed by atoms with E-state index >= 15 is 0 Å². The highest BCUT2D eigenvalue weighted by molar-refractivity contribution is 7.91. The summed E-state index contributed by atoms with van der Waals surface area (Å²) in [6.45, 7) is 2.11. The highest BCUT2D eigenvalue weighted by Crippen LogP contribution is 2.31. The van der Waals surface area contributed by atoms with Gasteiger partial charge in [-0.3, -0.25) is 0 Å². The summed E-state index contributed by atoms with van der Waals surface area (Å²) in [6.07, 6.45) is 1.58. The Hall–Kier alpha value is -1.98. The average Bonchev–Trinajstić information content (AvgIpc) is 3.11. The quantitative estimate of drug-likeness (QED) is 0.546. The fourth-order valence-electron chi connectivity index (χ4n) is 2.64. The van der Waals surface area contributed by atoms with Crippen molar-refractivity contribution in [2.24, 2.45) is 0 Å². The zero-order chi connectivity index (χ0) is 22.1. The molecule has 1 N–H and O–H groups in total. The summed E-state index contributed by atoms with van der Waals surface area (Å²) in [5.74, 6) is 0. The molecule has 0 radical (unpaired) electrons. The van der Waals surface area contributed by atoms with Crippen LogP contribution in [0, 0.1) is 6.92 Å². The lowest BCUT2D eigenvalue weighted by atomic mass is 10.2. The van der Waals surface area contributed by atoms with Gasteiger partial charge in [-0.2, -0.15) is 0 Å². The number of thiazole rings is 1. The Bertz CT molecular complexity index is 1270. The first-order valence-electron chi connectivity index (χ1n) is 8.74. The number of benzene rings is 2. The Kier molecular flexibility index (Phi) is 6.54. The third-order valence-corrected chi connectivity index (χ3v) is 9.08. The molecule has 1 aromatic heterocycles. The van der Waals surface area contributed by atoms with Crippen LogP contribution >= 0.6 is 22.9 Å². The Morgan fingerprint density at radius 3 is 2.23 bits per heavy atom. The molecule has 3 aromatic rings. The van der Waals surface area contributed by atoms with Gasteiger partial charge in [-0.05, 0) is 37.3 Å². The molecule has 7 nitrogen and oxygen atoms in total. The molecule has 2 aromatic carbocycles. The second-order valence-electron chi connectivity index (χ2n) is 6.69. The lowest BCUT2D eigenvalue weighted by Gasteiger charge is -2.16. The molecule has 30 heavy (non-hydrogen) atoms. The number of sulfone groups is 1. The van der Waals surface area contributed by atoms with E-state index in [0.717, 1.165) is 14.7 Å². The van der Waals surface area contributed by atoms with Crippen LogP contribution in [0.25, 0.3) is 0 Å². The summed E-state index contributed by atoms with van der Waals surface area (Å²) in [5, 5.41) is 3.03. The number of aromatic nitrogens is 1. The predicted octanol–water partition coefficient (Wildman–Crippen LogP) is 3.80. The smallest absolute Gasteiger partial charge is 0.242 e. The largest absolute Gasteiger partial charge is 0.379 e. The van der Waals surface area contributed by atoms with E-state index in [0.29, 0.717) is 4.47 Å². The molecular formula is C19H20ClN3O4S3. The van der Waals surface area contributed by atoms with Gasteiger partial charge in [0.05, 0.1) is 26.9 Å². The fraction of sp³-hybridized carbons (Fsp3) is 0.211. The van der Waals surface area contributed by atoms with E-state index in [9.17, 15) is 16.8 Å². The van der Waals surface area contributed by atoms with Crippen LogP contribution in [-0.4, -0.2) is 40.2 Å². The van der Waals surface area contributed by atoms with E-state index < -0.39 is 19.9 Å². The Labute approximate surface area is 185 Å². The molecule has 0 fully saturated rings. The van der Waals surface area contributed by atoms with Crippen molar-refractivity contribution in [2.75, 3.05) is 19.4 Å². The normalized spacial score (nSPS) is 12.3. The highest BCUT2D eigenvalue weighted by atomic mass is 35.5. The molecule has 160 valence electrons. The Morgan fingerprint density at radius 2 is 1.67 bits per heavy atom. The summed E-state index contributed by atoms with van der Waals surface area (Å²) in [5.41, 5.74) is 1.12. The van der Waals surface area contributed by atoms with Gasteiger partial charge in [-0.1, -0.05) is 29.3 Å². The van der Waals surface area contributed by atoms with Gasteiger partial charge in [0.2, 0.25) is 19.9 Å². The maximum Gasteiger partial charge on any atom is 0.242 e. The van der Waals surface area contributed by atoms with Crippen LogP contribution in [0.3, 0.4) is 0 Å². The van der Waals surface area contributed by atoms with Crippen molar-refractivity contribution in [1.82, 2.24) is 9.29 Å². The molecule has 0 spiro atoms. The molecule has 0 amide bonds. The third kappa shape index (κ3) is 4.68. The zero-order valence-electron chi connectivity index (χ0n) is 16.5. The Balaban J connectivity index is 2.09. The molecule has 0 atom stereocenters. The molecule has 0 unspecified atom stereocenters. The second kappa shape index (κ2) is 8.64. The molecule has 0 aliphatic carbocycles. The highest BCUT2D eigenvalue weighted by Gasteiger charge is 2.25. The maximum absolute atomic E-state index is 13.2. The van der Waals surface area contributed by atoms with Gasteiger partial charge in [-0.15, -0.1) is 11.3 Å². The van der Waals surface area contributed by atoms with Crippen molar-refractivity contribution in [3.63, 3.8) is 0 Å². The van der Waals surface area contributed by atoms with Crippen molar-refractivity contribution >= 4 is 48.5 Å². The van der Waals surface area contributed by atoms with E-state index in [1.807, 2.05) is 6.92 Å². The van der Waals surface area contributed by atoms with Crippen molar-refractivity contribution < 1.29 is 16.8 Å². The number of halogens is 1. The van der Waals surface area contributed by atoms with Crippen molar-refractivity contribution in [3.8, 4) is 0 Å². The van der Waals surface area contributed by atoms with Crippen LogP contribution in [0.5, 0.6) is 0 Å². The Morgan fingerprint density at radius 1 is 1.03 bits per heavy atom. The summed E-state index contributed by atoms with van der Waals surface area (Å²) in [6, 6.07) is 10.4. The molecule has 1 heterocycles. The lowest BCUT2D eigenvalue weighted by Crippen LogP contribution is -2.22. The maximum atomic E-state index is 13.2. The van der Waals surface area contributed by atoms with Gasteiger partial charge in [0.25, 0.3) is 0 Å². The van der Waals surface area contributed by atoms with Crippen LogP contribution in [-0.2, 0) is 26.4 Å². The van der Waals surface area contributed by atoms with E-state index in [1.54, 1.807) is 18.3 Å². The standard InChI is InChI=1S/C19H20ClN3O4S3/c1-13-4-6-15(7-5-13)29(24,25)18-9-8-16(30(26,27)23(2)3)10-17(18)21-11-14-12-22-19(20)28-14/h4-10,12,21H,11H2,1-3H3. The fourth-order valence-corrected chi connectivity index (χ4v) is 5.91. The molecule has 0 saturated heterocycles. The molecule has 11 heteroatoms. The molecule has 3 rings (SSSR count). The summed E-state index contributed by atoms with van der Waals surface area (Å²) in [4.78, 5) is 4.83. The van der Waals surface area contributed by atoms with E-state index in [1.165, 1.54) is 55.8 Å². The number of anilines is 1. The number of nitrogens with one attached hydrogen (secondary N) is 1. The minimum Gasteiger partial charge on any atom is -0.379 e. The summed E-state index contributed by atoms with van der Waals surface area (Å²) < 4.78 is 53.0. The second-order valence-corrected chi connectivity index (χ2v) is 12.5. The topological polar surface area (TPSA) is 96.4 Å². The van der Waals surface area contributed by atoms with Gasteiger partial charge >= 0.3 is 0 Å². The van der Waals surface area contributed by atoms with E-state index in [4.69, 9.17) is 11.6 Å². The third-order valence-electron chi connectivity index (χ3n) is 4.33. The number of sulfonamides is 1. The number of aryl methyl sites for hydroxylation is 1. The van der Waals surface area contributed by atoms with Gasteiger partial charge < -0.3 is 5.32 Å². The molecular weight excluding hydrogens is 466 g/mol. The molecule has 0 aliphatic heterocycles. The van der Waals surface area contributed by atoms with Gasteiger partial charge in [0.1, 0.15) is 0 Å². The molecule has 0 aliphatic rings. The monoisotopic (exact) mass is 485 g/mol. The van der Waals surface area contributed by atoms with Crippen molar-refractivity contribution in [3.05, 3.63) is 63.6 Å². The number of hydrogen-bond donors (Lipinski definition) is 1. The lowest BCUT2D eigenvalue weighted by molar-refractivity contribution is 0.520. The first-order valence-corrected chi connectivity index (χ1v) is 12.9. The summed E-state index contributed by atoms with van der Waals surface area (Å²) in [7, 11) is -4.79.